The second kappa shape index (κ2) is 7.29. The third-order valence-electron chi connectivity index (χ3n) is 4.55. The molecule has 0 atom stereocenters. The average Bonchev–Trinajstić information content (AvgIpc) is 2.73. The summed E-state index contributed by atoms with van der Waals surface area (Å²) in [5.74, 6) is -0.293. The van der Waals surface area contributed by atoms with Crippen LogP contribution in [0.2, 0.25) is 0 Å². The van der Waals surface area contributed by atoms with Crippen LogP contribution in [0.15, 0.2) is 29.7 Å². The minimum Gasteiger partial charge on any atom is -0.426 e. The molecule has 0 saturated carbocycles. The Morgan fingerprint density at radius 2 is 1.52 bits per heavy atom. The van der Waals surface area contributed by atoms with E-state index in [1.54, 1.807) is 6.08 Å². The van der Waals surface area contributed by atoms with Crippen molar-refractivity contribution >= 4 is 25.8 Å². The summed E-state index contributed by atoms with van der Waals surface area (Å²) in [5, 5.41) is 0. The third-order valence-corrected chi connectivity index (χ3v) is 4.91. The van der Waals surface area contributed by atoms with Gasteiger partial charge in [0.05, 0.1) is 11.2 Å². The Labute approximate surface area is 160 Å². The lowest BCUT2D eigenvalue weighted by Crippen LogP contribution is -2.41. The van der Waals surface area contributed by atoms with Crippen molar-refractivity contribution in [2.75, 3.05) is 5.75 Å². The van der Waals surface area contributed by atoms with Crippen LogP contribution in [0.1, 0.15) is 33.3 Å². The van der Waals surface area contributed by atoms with Gasteiger partial charge in [0.15, 0.2) is 0 Å². The van der Waals surface area contributed by atoms with Gasteiger partial charge in [0.1, 0.15) is 5.75 Å². The average molecular weight is 410 g/mol. The first-order chi connectivity index (χ1) is 12.2. The summed E-state index contributed by atoms with van der Waals surface area (Å²) in [6.45, 7) is 7.60. The van der Waals surface area contributed by atoms with Gasteiger partial charge in [-0.25, -0.2) is 0 Å². The number of hydrogen-bond acceptors (Lipinski definition) is 4. The molecule has 1 aromatic carbocycles. The Morgan fingerprint density at radius 1 is 1.04 bits per heavy atom. The van der Waals surface area contributed by atoms with Gasteiger partial charge in [-0.15, -0.1) is 0 Å². The van der Waals surface area contributed by atoms with Gasteiger partial charge < -0.3 is 14.0 Å². The van der Waals surface area contributed by atoms with Crippen molar-refractivity contribution in [3.05, 3.63) is 35.3 Å². The molecule has 1 fully saturated rings. The minimum atomic E-state index is -5.79. The second-order valence-corrected chi connectivity index (χ2v) is 7.47. The van der Waals surface area contributed by atoms with E-state index < -0.39 is 36.4 Å². The number of ether oxygens (including phenoxy) is 1. The van der Waals surface area contributed by atoms with E-state index in [9.17, 15) is 22.0 Å². The molecule has 10 heteroatoms. The van der Waals surface area contributed by atoms with Crippen molar-refractivity contribution in [1.82, 2.24) is 0 Å². The SMILES string of the molecule is CC1(C)OB(C(=Cc2ccc(OC(F)(F)C(F)(F)F)cc2)CS)OC1(C)C. The van der Waals surface area contributed by atoms with E-state index in [-0.39, 0.29) is 0 Å². The highest BCUT2D eigenvalue weighted by Gasteiger charge is 2.61. The Bertz CT molecular complexity index is 686. The molecular weight excluding hydrogens is 390 g/mol. The summed E-state index contributed by atoms with van der Waals surface area (Å²) in [4.78, 5) is 0. The largest absolute Gasteiger partial charge is 0.499 e. The van der Waals surface area contributed by atoms with Gasteiger partial charge in [-0.2, -0.15) is 34.6 Å². The Balaban J connectivity index is 2.17. The van der Waals surface area contributed by atoms with Crippen LogP contribution in [-0.2, 0) is 9.31 Å². The molecule has 0 aliphatic carbocycles. The fourth-order valence-corrected chi connectivity index (χ4v) is 2.48. The maximum Gasteiger partial charge on any atom is 0.499 e. The van der Waals surface area contributed by atoms with Crippen LogP contribution in [-0.4, -0.2) is 36.4 Å². The van der Waals surface area contributed by atoms with Crippen molar-refractivity contribution < 1.29 is 36.0 Å². The Kier molecular flexibility index (Phi) is 5.95. The first kappa shape index (κ1) is 22.0. The minimum absolute atomic E-state index is 0.307. The molecule has 1 heterocycles. The van der Waals surface area contributed by atoms with E-state index in [0.717, 1.165) is 12.1 Å². The molecule has 0 unspecified atom stereocenters. The number of thiol groups is 1. The second-order valence-electron chi connectivity index (χ2n) is 7.15. The van der Waals surface area contributed by atoms with Crippen LogP contribution in [0.3, 0.4) is 0 Å². The van der Waals surface area contributed by atoms with E-state index in [1.807, 2.05) is 27.7 Å². The van der Waals surface area contributed by atoms with Crippen molar-refractivity contribution in [2.24, 2.45) is 0 Å². The van der Waals surface area contributed by atoms with Gasteiger partial charge in [-0.1, -0.05) is 18.2 Å². The van der Waals surface area contributed by atoms with Gasteiger partial charge >= 0.3 is 19.4 Å². The quantitative estimate of drug-likeness (QED) is 0.413. The molecule has 3 nitrogen and oxygen atoms in total. The van der Waals surface area contributed by atoms with E-state index >= 15 is 0 Å². The number of hydrogen-bond donors (Lipinski definition) is 1. The molecule has 1 saturated heterocycles. The third kappa shape index (κ3) is 4.78. The van der Waals surface area contributed by atoms with Crippen molar-refractivity contribution in [3.63, 3.8) is 0 Å². The lowest BCUT2D eigenvalue weighted by atomic mass is 9.78. The summed E-state index contributed by atoms with van der Waals surface area (Å²) >= 11 is 4.27. The Morgan fingerprint density at radius 3 is 1.93 bits per heavy atom. The molecule has 1 aromatic rings. The number of alkyl halides is 5. The molecule has 150 valence electrons. The number of halogens is 5. The van der Waals surface area contributed by atoms with Gasteiger partial charge in [-0.3, -0.25) is 0 Å². The number of rotatable bonds is 5. The topological polar surface area (TPSA) is 27.7 Å². The molecule has 1 aliphatic rings. The first-order valence-electron chi connectivity index (χ1n) is 8.09. The molecule has 2 rings (SSSR count). The van der Waals surface area contributed by atoms with Crippen molar-refractivity contribution in [1.29, 1.82) is 0 Å². The zero-order valence-electron chi connectivity index (χ0n) is 15.2. The molecule has 0 amide bonds. The predicted octanol–water partition coefficient (Wildman–Crippen LogP) is 5.17. The highest BCUT2D eigenvalue weighted by atomic mass is 32.1. The van der Waals surface area contributed by atoms with Crippen molar-refractivity contribution in [2.45, 2.75) is 51.2 Å². The smallest absolute Gasteiger partial charge is 0.426 e. The van der Waals surface area contributed by atoms with E-state index in [0.29, 0.717) is 16.8 Å². The van der Waals surface area contributed by atoms with E-state index in [2.05, 4.69) is 17.4 Å². The summed E-state index contributed by atoms with van der Waals surface area (Å²) < 4.78 is 78.1. The zero-order valence-corrected chi connectivity index (χ0v) is 16.1. The van der Waals surface area contributed by atoms with Crippen LogP contribution in [0.4, 0.5) is 22.0 Å². The molecule has 1 aliphatic heterocycles. The van der Waals surface area contributed by atoms with Gasteiger partial charge in [0, 0.05) is 5.75 Å². The van der Waals surface area contributed by atoms with Crippen LogP contribution >= 0.6 is 12.6 Å². The zero-order chi connectivity index (χ0) is 20.7. The molecule has 0 bridgehead atoms. The highest BCUT2D eigenvalue weighted by molar-refractivity contribution is 7.80. The summed E-state index contributed by atoms with van der Waals surface area (Å²) in [7, 11) is -0.641. The lowest BCUT2D eigenvalue weighted by Gasteiger charge is -2.32. The lowest BCUT2D eigenvalue weighted by molar-refractivity contribution is -0.360. The van der Waals surface area contributed by atoms with Gasteiger partial charge in [0.25, 0.3) is 0 Å². The summed E-state index contributed by atoms with van der Waals surface area (Å²) in [6, 6.07) is 4.78. The van der Waals surface area contributed by atoms with Crippen LogP contribution in [0, 0.1) is 0 Å². The molecule has 27 heavy (non-hydrogen) atoms. The maximum atomic E-state index is 12.9. The standard InChI is InChI=1S/C17H20BF5O3S/c1-14(2)15(3,4)26-18(25-14)12(10-27)9-11-5-7-13(8-6-11)24-17(22,23)16(19,20)21/h5-9,27H,10H2,1-4H3. The van der Waals surface area contributed by atoms with E-state index in [4.69, 9.17) is 9.31 Å². The molecule has 0 aromatic heterocycles. The molecule has 0 spiro atoms. The first-order valence-corrected chi connectivity index (χ1v) is 8.72. The van der Waals surface area contributed by atoms with E-state index in [1.165, 1.54) is 12.1 Å². The van der Waals surface area contributed by atoms with Crippen LogP contribution < -0.4 is 4.74 Å². The molecular formula is C17H20BF5O3S. The number of benzene rings is 1. The fraction of sp³-hybridized carbons (Fsp3) is 0.529. The normalized spacial score (nSPS) is 20.1. The predicted molar refractivity (Wildman–Crippen MR) is 96.0 cm³/mol. The van der Waals surface area contributed by atoms with Gasteiger partial charge in [-0.05, 0) is 50.9 Å². The maximum absolute atomic E-state index is 12.9. The van der Waals surface area contributed by atoms with Gasteiger partial charge in [0.2, 0.25) is 0 Å². The van der Waals surface area contributed by atoms with Crippen molar-refractivity contribution in [3.8, 4) is 5.75 Å². The molecule has 0 N–H and O–H groups in total. The van der Waals surface area contributed by atoms with Crippen LogP contribution in [0.5, 0.6) is 5.75 Å². The summed E-state index contributed by atoms with van der Waals surface area (Å²) in [6.07, 6.45) is -9.37. The monoisotopic (exact) mass is 410 g/mol. The van der Waals surface area contributed by atoms with Crippen LogP contribution in [0.25, 0.3) is 6.08 Å². The Hall–Kier alpha value is -1.26. The summed E-state index contributed by atoms with van der Waals surface area (Å²) in [5.41, 5.74) is 0.156. The highest BCUT2D eigenvalue weighted by Crippen LogP contribution is 2.39. The fourth-order valence-electron chi connectivity index (χ4n) is 2.23. The molecule has 0 radical (unpaired) electrons.